The number of ether oxygens (including phenoxy) is 2. The van der Waals surface area contributed by atoms with E-state index in [0.29, 0.717) is 0 Å². The number of phosphoric acid groups is 2. The average Bonchev–Trinajstić information content (AvgIpc) is 3.06. The molecule has 0 spiro atoms. The molecule has 2 fully saturated rings. The normalized spacial score (nSPS) is 38.4. The number of aliphatic hydroxyl groups excluding tert-OH is 5. The molecule has 1 aromatic rings. The fourth-order valence-electron chi connectivity index (χ4n) is 3.39. The molecule has 0 radical (unpaired) electrons. The quantitative estimate of drug-likeness (QED) is 0.127. The van der Waals surface area contributed by atoms with E-state index < -0.39 is 95.3 Å². The predicted octanol–water partition coefficient (Wildman–Crippen LogP) is -4.83. The molecule has 7 unspecified atom stereocenters. The van der Waals surface area contributed by atoms with E-state index >= 15 is 0 Å². The Hall–Kier alpha value is -1.38. The first-order valence-corrected chi connectivity index (χ1v) is 13.1. The van der Waals surface area contributed by atoms with Gasteiger partial charge in [0.2, 0.25) is 0 Å². The van der Waals surface area contributed by atoms with Crippen LogP contribution >= 0.6 is 15.6 Å². The zero-order valence-corrected chi connectivity index (χ0v) is 19.8. The lowest BCUT2D eigenvalue weighted by atomic mass is 9.98. The highest BCUT2D eigenvalue weighted by Gasteiger charge is 2.49. The molecule has 19 nitrogen and oxygen atoms in total. The Morgan fingerprint density at radius 1 is 1.00 bits per heavy atom. The number of rotatable bonds is 9. The molecule has 0 saturated carbocycles. The summed E-state index contributed by atoms with van der Waals surface area (Å²) in [5.74, 6) is 0. The lowest BCUT2D eigenvalue weighted by Gasteiger charge is -2.40. The molecule has 2 aliphatic heterocycles. The SMILES string of the molecule is NC1[C@@H](OP(=O)(O)OP(=O)(O)OCC2OC(n3ccc(=O)[nH]c3=O)[C@H](O)[C@@H]2O)OC(CO)C(O)[C@@H]1O. The highest BCUT2D eigenvalue weighted by atomic mass is 31.3. The standard InChI is InChI=1S/C15H25N3O16P2/c16-8-11(23)9(21)5(3-19)32-14(8)33-36(28,29)34-35(26,27)30-4-6-10(22)12(24)13(31-6)18-2-1-7(20)17-15(18)25/h1-2,5-6,8-14,19,21-24H,3-4,16H2,(H,26,27)(H,28,29)(H,17,20,25)/t5?,6?,8?,9?,10-,11-,12-,13?,14-/m1/s1. The van der Waals surface area contributed by atoms with Gasteiger partial charge in [0.25, 0.3) is 5.56 Å². The van der Waals surface area contributed by atoms with Gasteiger partial charge in [0, 0.05) is 12.3 Å². The minimum absolute atomic E-state index is 0.735. The zero-order chi connectivity index (χ0) is 27.0. The second-order valence-corrected chi connectivity index (χ2v) is 10.8. The summed E-state index contributed by atoms with van der Waals surface area (Å²) in [7, 11) is -11.0. The second kappa shape index (κ2) is 11.2. The number of nitrogens with zero attached hydrogens (tertiary/aromatic N) is 1. The number of aromatic amines is 1. The number of aliphatic hydroxyl groups is 5. The van der Waals surface area contributed by atoms with E-state index in [0.717, 1.165) is 16.8 Å². The van der Waals surface area contributed by atoms with Gasteiger partial charge in [-0.25, -0.2) is 13.9 Å². The highest BCUT2D eigenvalue weighted by Crippen LogP contribution is 2.61. The molecule has 0 aromatic carbocycles. The van der Waals surface area contributed by atoms with Crippen molar-refractivity contribution in [1.29, 1.82) is 0 Å². The molecule has 206 valence electrons. The monoisotopic (exact) mass is 565 g/mol. The minimum atomic E-state index is -5.51. The van der Waals surface area contributed by atoms with Gasteiger partial charge in [0.1, 0.15) is 36.6 Å². The van der Waals surface area contributed by atoms with Crippen LogP contribution < -0.4 is 17.0 Å². The summed E-state index contributed by atoms with van der Waals surface area (Å²) < 4.78 is 48.5. The van der Waals surface area contributed by atoms with Crippen molar-refractivity contribution in [2.75, 3.05) is 13.2 Å². The lowest BCUT2D eigenvalue weighted by Crippen LogP contribution is -2.62. The van der Waals surface area contributed by atoms with Gasteiger partial charge >= 0.3 is 21.3 Å². The third-order valence-corrected chi connectivity index (χ3v) is 7.84. The average molecular weight is 565 g/mol. The maximum Gasteiger partial charge on any atom is 0.483 e. The Labute approximate surface area is 200 Å². The summed E-state index contributed by atoms with van der Waals surface area (Å²) in [6.07, 6.45) is -12.5. The molecule has 21 heteroatoms. The largest absolute Gasteiger partial charge is 0.483 e. The van der Waals surface area contributed by atoms with Crippen LogP contribution in [0.1, 0.15) is 6.23 Å². The molecule has 3 rings (SSSR count). The van der Waals surface area contributed by atoms with Gasteiger partial charge in [-0.15, -0.1) is 0 Å². The topological polar surface area (TPSA) is 303 Å². The van der Waals surface area contributed by atoms with Gasteiger partial charge in [0.15, 0.2) is 12.5 Å². The van der Waals surface area contributed by atoms with Crippen molar-refractivity contribution in [1.82, 2.24) is 9.55 Å². The van der Waals surface area contributed by atoms with Gasteiger partial charge in [-0.3, -0.25) is 23.4 Å². The Bertz CT molecular complexity index is 1130. The van der Waals surface area contributed by atoms with Crippen LogP contribution in [0, 0.1) is 0 Å². The molecular weight excluding hydrogens is 540 g/mol. The maximum absolute atomic E-state index is 12.2. The minimum Gasteiger partial charge on any atom is -0.394 e. The van der Waals surface area contributed by atoms with E-state index in [4.69, 9.17) is 20.3 Å². The van der Waals surface area contributed by atoms with Gasteiger partial charge in [-0.1, -0.05) is 0 Å². The van der Waals surface area contributed by atoms with Crippen LogP contribution in [0.2, 0.25) is 0 Å². The molecule has 3 heterocycles. The van der Waals surface area contributed by atoms with Crippen LogP contribution in [0.15, 0.2) is 21.9 Å². The molecule has 0 amide bonds. The van der Waals surface area contributed by atoms with Crippen molar-refractivity contribution < 1.29 is 67.3 Å². The number of aromatic nitrogens is 2. The third-order valence-electron chi connectivity index (χ3n) is 5.24. The summed E-state index contributed by atoms with van der Waals surface area (Å²) in [6, 6.07) is -0.699. The van der Waals surface area contributed by atoms with Crippen LogP contribution in [-0.2, 0) is 32.0 Å². The number of hydrogen-bond donors (Lipinski definition) is 9. The van der Waals surface area contributed by atoms with Crippen LogP contribution in [-0.4, -0.2) is 107 Å². The highest BCUT2D eigenvalue weighted by molar-refractivity contribution is 7.61. The molecule has 2 saturated heterocycles. The first-order valence-electron chi connectivity index (χ1n) is 10.1. The van der Waals surface area contributed by atoms with Crippen molar-refractivity contribution in [3.63, 3.8) is 0 Å². The Kier molecular flexibility index (Phi) is 9.05. The number of H-pyrrole nitrogens is 1. The fraction of sp³-hybridized carbons (Fsp3) is 0.733. The number of phosphoric ester groups is 2. The van der Waals surface area contributed by atoms with E-state index in [2.05, 4.69) is 13.4 Å². The molecule has 0 aliphatic carbocycles. The molecule has 10 N–H and O–H groups in total. The summed E-state index contributed by atoms with van der Waals surface area (Å²) in [6.45, 7) is -1.84. The molecular formula is C15H25N3O16P2. The van der Waals surface area contributed by atoms with Crippen molar-refractivity contribution in [2.24, 2.45) is 5.73 Å². The van der Waals surface area contributed by atoms with Crippen LogP contribution in [0.5, 0.6) is 0 Å². The Morgan fingerprint density at radius 2 is 1.64 bits per heavy atom. The molecule has 36 heavy (non-hydrogen) atoms. The number of hydrogen-bond acceptors (Lipinski definition) is 15. The maximum atomic E-state index is 12.2. The smallest absolute Gasteiger partial charge is 0.394 e. The molecule has 11 atom stereocenters. The Balaban J connectivity index is 1.61. The van der Waals surface area contributed by atoms with E-state index in [1.807, 2.05) is 4.98 Å². The summed E-state index contributed by atoms with van der Waals surface area (Å²) in [5, 5.41) is 49.0. The van der Waals surface area contributed by atoms with E-state index in [1.54, 1.807) is 0 Å². The number of nitrogens with one attached hydrogen (secondary N) is 1. The van der Waals surface area contributed by atoms with Gasteiger partial charge in [0.05, 0.1) is 19.3 Å². The Morgan fingerprint density at radius 3 is 2.25 bits per heavy atom. The molecule has 0 bridgehead atoms. The van der Waals surface area contributed by atoms with E-state index in [1.165, 1.54) is 0 Å². The van der Waals surface area contributed by atoms with Crippen molar-refractivity contribution in [3.8, 4) is 0 Å². The summed E-state index contributed by atoms with van der Waals surface area (Å²) >= 11 is 0. The summed E-state index contributed by atoms with van der Waals surface area (Å²) in [4.78, 5) is 44.6. The van der Waals surface area contributed by atoms with Crippen molar-refractivity contribution in [2.45, 2.75) is 55.2 Å². The molecule has 2 aliphatic rings. The van der Waals surface area contributed by atoms with Crippen LogP contribution in [0.4, 0.5) is 0 Å². The molecule has 1 aromatic heterocycles. The van der Waals surface area contributed by atoms with Gasteiger partial charge < -0.3 is 50.5 Å². The van der Waals surface area contributed by atoms with Gasteiger partial charge in [-0.05, 0) is 0 Å². The number of nitrogens with two attached hydrogens (primary N) is 1. The van der Waals surface area contributed by atoms with E-state index in [-0.39, 0.29) is 0 Å². The van der Waals surface area contributed by atoms with Crippen molar-refractivity contribution >= 4 is 15.6 Å². The van der Waals surface area contributed by atoms with Crippen LogP contribution in [0.3, 0.4) is 0 Å². The zero-order valence-electron chi connectivity index (χ0n) is 18.0. The first kappa shape index (κ1) is 29.2. The van der Waals surface area contributed by atoms with E-state index in [9.17, 15) is 48.9 Å². The lowest BCUT2D eigenvalue weighted by molar-refractivity contribution is -0.242. The third kappa shape index (κ3) is 6.54. The van der Waals surface area contributed by atoms with Crippen LogP contribution in [0.25, 0.3) is 0 Å². The summed E-state index contributed by atoms with van der Waals surface area (Å²) in [5.41, 5.74) is 3.82. The second-order valence-electron chi connectivity index (χ2n) is 7.77. The fourth-order valence-corrected chi connectivity index (χ4v) is 5.57. The predicted molar refractivity (Wildman–Crippen MR) is 111 cm³/mol. The first-order chi connectivity index (χ1) is 16.7. The van der Waals surface area contributed by atoms with Gasteiger partial charge in [-0.2, -0.15) is 4.31 Å². The van der Waals surface area contributed by atoms with Crippen molar-refractivity contribution in [3.05, 3.63) is 33.1 Å².